The van der Waals surface area contributed by atoms with E-state index in [1.165, 1.54) is 24.0 Å². The molecule has 2 heterocycles. The number of rotatable bonds is 4. The first-order valence-electron chi connectivity index (χ1n) is 9.12. The molecule has 0 bridgehead atoms. The Hall–Kier alpha value is -3.59. The maximum Gasteiger partial charge on any atom is 0.338 e. The number of benzene rings is 2. The second-order valence-corrected chi connectivity index (χ2v) is 6.97. The summed E-state index contributed by atoms with van der Waals surface area (Å²) in [5, 5.41) is 12.3. The van der Waals surface area contributed by atoms with E-state index in [1.807, 2.05) is 30.3 Å². The minimum Gasteiger partial charge on any atom is -0.466 e. The predicted octanol–water partition coefficient (Wildman–Crippen LogP) is 3.29. The lowest BCUT2D eigenvalue weighted by Gasteiger charge is -2.36. The molecule has 0 unspecified atom stereocenters. The number of hydrogen-bond acceptors (Lipinski definition) is 5. The maximum absolute atomic E-state index is 13.4. The molecule has 1 aliphatic heterocycles. The van der Waals surface area contributed by atoms with Crippen LogP contribution in [0.4, 0.5) is 10.1 Å². The number of para-hydroxylation sites is 1. The average molecular weight is 423 g/mol. The van der Waals surface area contributed by atoms with E-state index in [0.29, 0.717) is 27.8 Å². The van der Waals surface area contributed by atoms with Crippen LogP contribution in [0.2, 0.25) is 0 Å². The van der Waals surface area contributed by atoms with Crippen molar-refractivity contribution in [2.24, 2.45) is 0 Å². The van der Waals surface area contributed by atoms with Crippen molar-refractivity contribution in [3.8, 4) is 5.69 Å². The Morgan fingerprint density at radius 1 is 1.13 bits per heavy atom. The van der Waals surface area contributed by atoms with E-state index >= 15 is 0 Å². The molecule has 152 valence electrons. The molecule has 7 nitrogen and oxygen atoms in total. The molecule has 0 radical (unpaired) electrons. The zero-order chi connectivity index (χ0) is 21.3. The Labute approximate surface area is 177 Å². The number of halogens is 1. The second kappa shape index (κ2) is 8.03. The highest BCUT2D eigenvalue weighted by atomic mass is 32.1. The summed E-state index contributed by atoms with van der Waals surface area (Å²) in [6.07, 6.45) is 1.58. The van der Waals surface area contributed by atoms with Crippen LogP contribution in [-0.4, -0.2) is 33.2 Å². The third kappa shape index (κ3) is 3.55. The first kappa shape index (κ1) is 19.7. The Kier molecular flexibility index (Phi) is 5.28. The molecular formula is C21H18FN5O2S. The first-order valence-corrected chi connectivity index (χ1v) is 9.53. The lowest BCUT2D eigenvalue weighted by atomic mass is 9.99. The number of esters is 1. The van der Waals surface area contributed by atoms with Gasteiger partial charge in [-0.2, -0.15) is 15.0 Å². The number of aromatic nitrogens is 3. The number of allylic oxidation sites excluding steroid dienone is 1. The molecule has 9 heteroatoms. The van der Waals surface area contributed by atoms with Crippen molar-refractivity contribution >= 4 is 29.0 Å². The summed E-state index contributed by atoms with van der Waals surface area (Å²) in [7, 11) is 1.32. The van der Waals surface area contributed by atoms with Crippen molar-refractivity contribution in [2.75, 3.05) is 12.0 Å². The Bertz CT molecular complexity index is 1130. The van der Waals surface area contributed by atoms with Gasteiger partial charge >= 0.3 is 5.97 Å². The largest absolute Gasteiger partial charge is 0.466 e. The molecule has 30 heavy (non-hydrogen) atoms. The highest BCUT2D eigenvalue weighted by Gasteiger charge is 2.36. The van der Waals surface area contributed by atoms with Crippen molar-refractivity contribution in [1.82, 2.24) is 20.3 Å². The molecule has 1 aliphatic rings. The van der Waals surface area contributed by atoms with Crippen LogP contribution in [0.25, 0.3) is 5.69 Å². The number of nitrogens with zero attached hydrogens (tertiary/aromatic N) is 4. The van der Waals surface area contributed by atoms with Crippen molar-refractivity contribution < 1.29 is 13.9 Å². The Morgan fingerprint density at radius 3 is 2.50 bits per heavy atom. The number of carbonyl (C=O) groups excluding carboxylic acids is 1. The SMILES string of the molecule is COC(=O)C1=C(C)N(c2ccc(F)cc2)C(=S)N[C@H]1c1cnn(-c2ccccc2)n1. The van der Waals surface area contributed by atoms with Crippen LogP contribution in [0.5, 0.6) is 0 Å². The second-order valence-electron chi connectivity index (χ2n) is 6.58. The quantitative estimate of drug-likeness (QED) is 0.510. The van der Waals surface area contributed by atoms with Crippen molar-refractivity contribution in [3.05, 3.63) is 83.6 Å². The number of nitrogens with one attached hydrogen (secondary N) is 1. The topological polar surface area (TPSA) is 72.3 Å². The van der Waals surface area contributed by atoms with Gasteiger partial charge in [0.1, 0.15) is 17.6 Å². The van der Waals surface area contributed by atoms with Gasteiger partial charge < -0.3 is 10.1 Å². The molecule has 0 spiro atoms. The van der Waals surface area contributed by atoms with Gasteiger partial charge in [0.05, 0.1) is 24.6 Å². The normalized spacial score (nSPS) is 16.4. The third-order valence-corrected chi connectivity index (χ3v) is 5.07. The lowest BCUT2D eigenvalue weighted by molar-refractivity contribution is -0.136. The molecule has 0 saturated heterocycles. The van der Waals surface area contributed by atoms with E-state index in [9.17, 15) is 9.18 Å². The van der Waals surface area contributed by atoms with Gasteiger partial charge in [-0.3, -0.25) is 4.90 Å². The molecule has 3 aromatic rings. The Morgan fingerprint density at radius 2 is 1.83 bits per heavy atom. The van der Waals surface area contributed by atoms with Crippen molar-refractivity contribution in [1.29, 1.82) is 0 Å². The standard InChI is InChI=1S/C21H18FN5O2S/c1-13-18(20(28)29-2)19(17-12-23-27(25-17)16-6-4-3-5-7-16)24-21(30)26(13)15-10-8-14(22)9-11-15/h3-12,19H,1-2H3,(H,24,30)/t19-/m0/s1. The van der Waals surface area contributed by atoms with Gasteiger partial charge in [0, 0.05) is 11.4 Å². The number of anilines is 1. The molecule has 1 atom stereocenters. The van der Waals surface area contributed by atoms with Gasteiger partial charge in [-0.25, -0.2) is 9.18 Å². The zero-order valence-electron chi connectivity index (χ0n) is 16.2. The summed E-state index contributed by atoms with van der Waals surface area (Å²) in [6.45, 7) is 1.76. The number of carbonyl (C=O) groups is 1. The van der Waals surface area contributed by atoms with E-state index in [0.717, 1.165) is 5.69 Å². The summed E-state index contributed by atoms with van der Waals surface area (Å²) in [6, 6.07) is 14.6. The molecule has 0 saturated carbocycles. The molecule has 1 aromatic heterocycles. The predicted molar refractivity (Wildman–Crippen MR) is 113 cm³/mol. The minimum atomic E-state index is -0.640. The van der Waals surface area contributed by atoms with Gasteiger partial charge in [-0.15, -0.1) is 0 Å². The van der Waals surface area contributed by atoms with Crippen LogP contribution in [0.1, 0.15) is 18.7 Å². The first-order chi connectivity index (χ1) is 14.5. The van der Waals surface area contributed by atoms with E-state index in [-0.39, 0.29) is 5.82 Å². The van der Waals surface area contributed by atoms with Crippen LogP contribution in [-0.2, 0) is 9.53 Å². The summed E-state index contributed by atoms with van der Waals surface area (Å²) in [5.74, 6) is -0.881. The van der Waals surface area contributed by atoms with Crippen molar-refractivity contribution in [3.63, 3.8) is 0 Å². The fourth-order valence-corrected chi connectivity index (χ4v) is 3.69. The Balaban J connectivity index is 1.77. The summed E-state index contributed by atoms with van der Waals surface area (Å²) >= 11 is 5.55. The van der Waals surface area contributed by atoms with Crippen LogP contribution in [0.15, 0.2) is 72.1 Å². The van der Waals surface area contributed by atoms with E-state index < -0.39 is 12.0 Å². The number of thiocarbonyl (C=S) groups is 1. The molecule has 4 rings (SSSR count). The van der Waals surface area contributed by atoms with Crippen LogP contribution in [0.3, 0.4) is 0 Å². The van der Waals surface area contributed by atoms with Crippen LogP contribution < -0.4 is 10.2 Å². The lowest BCUT2D eigenvalue weighted by Crippen LogP contribution is -2.48. The van der Waals surface area contributed by atoms with Gasteiger partial charge in [-0.1, -0.05) is 18.2 Å². The van der Waals surface area contributed by atoms with E-state index in [1.54, 1.807) is 30.2 Å². The summed E-state index contributed by atoms with van der Waals surface area (Å²) in [5.41, 5.74) is 2.83. The van der Waals surface area contributed by atoms with E-state index in [4.69, 9.17) is 17.0 Å². The fourth-order valence-electron chi connectivity index (χ4n) is 3.33. The third-order valence-electron chi connectivity index (χ3n) is 4.77. The number of ether oxygens (including phenoxy) is 1. The van der Waals surface area contributed by atoms with Gasteiger partial charge in [-0.05, 0) is 55.5 Å². The molecular weight excluding hydrogens is 405 g/mol. The van der Waals surface area contributed by atoms with Crippen molar-refractivity contribution in [2.45, 2.75) is 13.0 Å². The maximum atomic E-state index is 13.4. The summed E-state index contributed by atoms with van der Waals surface area (Å²) < 4.78 is 18.4. The molecule has 0 fully saturated rings. The number of methoxy groups -OCH3 is 1. The van der Waals surface area contributed by atoms with Crippen LogP contribution >= 0.6 is 12.2 Å². The molecule has 0 aliphatic carbocycles. The average Bonchev–Trinajstić information content (AvgIpc) is 3.25. The van der Waals surface area contributed by atoms with E-state index in [2.05, 4.69) is 15.5 Å². The highest BCUT2D eigenvalue weighted by Crippen LogP contribution is 2.33. The zero-order valence-corrected chi connectivity index (χ0v) is 17.1. The monoisotopic (exact) mass is 423 g/mol. The summed E-state index contributed by atoms with van der Waals surface area (Å²) in [4.78, 5) is 15.8. The number of hydrogen-bond donors (Lipinski definition) is 1. The smallest absolute Gasteiger partial charge is 0.338 e. The van der Waals surface area contributed by atoms with Gasteiger partial charge in [0.15, 0.2) is 5.11 Å². The highest BCUT2D eigenvalue weighted by molar-refractivity contribution is 7.80. The molecule has 1 N–H and O–H groups in total. The minimum absolute atomic E-state index is 0.343. The fraction of sp³-hybridized carbons (Fsp3) is 0.143. The molecule has 0 amide bonds. The van der Waals surface area contributed by atoms with Gasteiger partial charge in [0.25, 0.3) is 0 Å². The molecule has 2 aromatic carbocycles. The van der Waals surface area contributed by atoms with Gasteiger partial charge in [0.2, 0.25) is 0 Å². The van der Waals surface area contributed by atoms with Crippen LogP contribution in [0, 0.1) is 5.82 Å².